The summed E-state index contributed by atoms with van der Waals surface area (Å²) in [5.41, 5.74) is 4.37. The number of hydrogen-bond acceptors (Lipinski definition) is 2. The van der Waals surface area contributed by atoms with Crippen LogP contribution in [0.25, 0.3) is 0 Å². The Bertz CT molecular complexity index is 658. The van der Waals surface area contributed by atoms with Gasteiger partial charge in [0.1, 0.15) is 26.2 Å². The van der Waals surface area contributed by atoms with Crippen LogP contribution in [0.15, 0.2) is 12.1 Å². The molecule has 1 heterocycles. The lowest BCUT2D eigenvalue weighted by molar-refractivity contribution is -1.01. The molecule has 1 atom stereocenters. The highest BCUT2D eigenvalue weighted by Gasteiger charge is 2.32. The molecule has 2 rings (SSSR count). The van der Waals surface area contributed by atoms with Crippen LogP contribution in [0.4, 0.5) is 5.69 Å². The van der Waals surface area contributed by atoms with E-state index in [1.165, 1.54) is 15.4 Å². The zero-order chi connectivity index (χ0) is 20.7. The maximum Gasteiger partial charge on any atom is 0.282 e. The van der Waals surface area contributed by atoms with E-state index in [4.69, 9.17) is 0 Å². The summed E-state index contributed by atoms with van der Waals surface area (Å²) in [5, 5.41) is 6.14. The third-order valence-corrected chi connectivity index (χ3v) is 5.79. The van der Waals surface area contributed by atoms with Crippen LogP contribution < -0.4 is 20.4 Å². The van der Waals surface area contributed by atoms with Gasteiger partial charge in [-0.05, 0) is 45.2 Å². The van der Waals surface area contributed by atoms with Gasteiger partial charge in [-0.25, -0.2) is 0 Å². The molecule has 28 heavy (non-hydrogen) atoms. The van der Waals surface area contributed by atoms with Crippen molar-refractivity contribution in [2.75, 3.05) is 44.6 Å². The average molecular weight is 391 g/mol. The summed E-state index contributed by atoms with van der Waals surface area (Å²) in [5.74, 6) is 0.217. The van der Waals surface area contributed by atoms with Crippen LogP contribution in [-0.2, 0) is 9.59 Å². The number of amides is 2. The summed E-state index contributed by atoms with van der Waals surface area (Å²) in [6.45, 7) is 15.3. The van der Waals surface area contributed by atoms with Crippen LogP contribution in [0.1, 0.15) is 43.4 Å². The monoisotopic (exact) mass is 390 g/mol. The zero-order valence-electron chi connectivity index (χ0n) is 18.2. The van der Waals surface area contributed by atoms with Crippen molar-refractivity contribution in [1.82, 2.24) is 5.32 Å². The fourth-order valence-electron chi connectivity index (χ4n) is 4.02. The molecular formula is C22H38N4O2+2. The molecule has 0 spiro atoms. The van der Waals surface area contributed by atoms with Gasteiger partial charge in [-0.1, -0.05) is 31.0 Å². The van der Waals surface area contributed by atoms with E-state index in [0.29, 0.717) is 6.54 Å². The van der Waals surface area contributed by atoms with E-state index in [-0.39, 0.29) is 17.9 Å². The molecule has 1 aliphatic heterocycles. The Kier molecular flexibility index (Phi) is 8.45. The fraction of sp³-hybridized carbons (Fsp3) is 0.636. The normalized spacial score (nSPS) is 20.5. The van der Waals surface area contributed by atoms with E-state index >= 15 is 0 Å². The molecule has 1 fully saturated rings. The van der Waals surface area contributed by atoms with Gasteiger partial charge in [-0.3, -0.25) is 9.59 Å². The standard InChI is InChI=1S/C22H36N4O2/c1-6-7-8-23-20(27)15-25-9-11-26(12-10-25)19(5)22(28)24-21-17(3)13-16(2)14-18(21)4/h13-14,19H,6-12,15H2,1-5H3,(H,23,27)(H,24,28)/p+2/t19-/m1/s1. The molecule has 0 aliphatic carbocycles. The lowest BCUT2D eigenvalue weighted by Crippen LogP contribution is -3.30. The van der Waals surface area contributed by atoms with Gasteiger partial charge in [-0.2, -0.15) is 0 Å². The van der Waals surface area contributed by atoms with Gasteiger partial charge in [0.05, 0.1) is 0 Å². The van der Waals surface area contributed by atoms with E-state index in [9.17, 15) is 9.59 Å². The van der Waals surface area contributed by atoms with Crippen molar-refractivity contribution >= 4 is 17.5 Å². The molecule has 1 aromatic rings. The molecular weight excluding hydrogens is 352 g/mol. The Balaban J connectivity index is 1.82. The third kappa shape index (κ3) is 6.31. The van der Waals surface area contributed by atoms with Crippen LogP contribution >= 0.6 is 0 Å². The van der Waals surface area contributed by atoms with E-state index in [2.05, 4.69) is 36.6 Å². The number of aryl methyl sites for hydroxylation is 3. The molecule has 6 nitrogen and oxygen atoms in total. The Hall–Kier alpha value is -1.92. The number of anilines is 1. The van der Waals surface area contributed by atoms with Crippen molar-refractivity contribution in [1.29, 1.82) is 0 Å². The lowest BCUT2D eigenvalue weighted by atomic mass is 10.0. The zero-order valence-corrected chi connectivity index (χ0v) is 18.2. The Morgan fingerprint density at radius 1 is 1.07 bits per heavy atom. The van der Waals surface area contributed by atoms with Crippen LogP contribution in [0, 0.1) is 20.8 Å². The predicted molar refractivity (Wildman–Crippen MR) is 113 cm³/mol. The largest absolute Gasteiger partial charge is 0.351 e. The smallest absolute Gasteiger partial charge is 0.282 e. The van der Waals surface area contributed by atoms with Crippen molar-refractivity contribution in [2.24, 2.45) is 0 Å². The van der Waals surface area contributed by atoms with Gasteiger partial charge in [0.2, 0.25) is 0 Å². The molecule has 0 unspecified atom stereocenters. The molecule has 0 aromatic heterocycles. The highest BCUT2D eigenvalue weighted by atomic mass is 16.2. The number of rotatable bonds is 8. The van der Waals surface area contributed by atoms with Crippen LogP contribution in [0.3, 0.4) is 0 Å². The highest BCUT2D eigenvalue weighted by molar-refractivity contribution is 5.95. The summed E-state index contributed by atoms with van der Waals surface area (Å²) in [4.78, 5) is 27.4. The third-order valence-electron chi connectivity index (χ3n) is 5.79. The first kappa shape index (κ1) is 22.4. The first-order valence-electron chi connectivity index (χ1n) is 10.6. The summed E-state index contributed by atoms with van der Waals surface area (Å²) >= 11 is 0. The van der Waals surface area contributed by atoms with Gasteiger partial charge >= 0.3 is 0 Å². The van der Waals surface area contributed by atoms with Gasteiger partial charge < -0.3 is 20.4 Å². The van der Waals surface area contributed by atoms with Crippen molar-refractivity contribution in [2.45, 2.75) is 53.5 Å². The molecule has 0 saturated carbocycles. The van der Waals surface area contributed by atoms with Gasteiger partial charge in [0.15, 0.2) is 12.6 Å². The number of unbranched alkanes of at least 4 members (excludes halogenated alkanes) is 1. The Morgan fingerprint density at radius 3 is 2.25 bits per heavy atom. The molecule has 1 aromatic carbocycles. The maximum absolute atomic E-state index is 12.8. The summed E-state index contributed by atoms with van der Waals surface area (Å²) < 4.78 is 0. The second kappa shape index (κ2) is 10.6. The van der Waals surface area contributed by atoms with E-state index in [0.717, 1.165) is 62.4 Å². The van der Waals surface area contributed by atoms with Gasteiger partial charge in [0.25, 0.3) is 11.8 Å². The highest BCUT2D eigenvalue weighted by Crippen LogP contribution is 2.21. The second-order valence-electron chi connectivity index (χ2n) is 8.27. The Morgan fingerprint density at radius 2 is 1.68 bits per heavy atom. The van der Waals surface area contributed by atoms with Gasteiger partial charge in [-0.15, -0.1) is 0 Å². The topological polar surface area (TPSA) is 67.1 Å². The number of benzene rings is 1. The minimum atomic E-state index is -0.0972. The number of carbonyl (C=O) groups excluding carboxylic acids is 2. The number of hydrogen-bond donors (Lipinski definition) is 4. The molecule has 0 radical (unpaired) electrons. The van der Waals surface area contributed by atoms with E-state index in [1.807, 2.05) is 20.8 Å². The summed E-state index contributed by atoms with van der Waals surface area (Å²) in [7, 11) is 0. The fourth-order valence-corrected chi connectivity index (χ4v) is 4.02. The average Bonchev–Trinajstić information content (AvgIpc) is 2.64. The minimum Gasteiger partial charge on any atom is -0.351 e. The van der Waals surface area contributed by atoms with Crippen LogP contribution in [0.5, 0.6) is 0 Å². The van der Waals surface area contributed by atoms with E-state index < -0.39 is 0 Å². The lowest BCUT2D eigenvalue weighted by Gasteiger charge is -2.32. The second-order valence-corrected chi connectivity index (χ2v) is 8.27. The molecule has 156 valence electrons. The van der Waals surface area contributed by atoms with Crippen molar-refractivity contribution in [3.63, 3.8) is 0 Å². The number of piperazine rings is 1. The molecule has 6 heteroatoms. The van der Waals surface area contributed by atoms with Crippen LogP contribution in [0.2, 0.25) is 0 Å². The molecule has 1 aliphatic rings. The Labute approximate surface area is 169 Å². The van der Waals surface area contributed by atoms with Gasteiger partial charge in [0, 0.05) is 12.2 Å². The van der Waals surface area contributed by atoms with Crippen molar-refractivity contribution in [3.05, 3.63) is 28.8 Å². The maximum atomic E-state index is 12.8. The van der Waals surface area contributed by atoms with Crippen LogP contribution in [-0.4, -0.2) is 57.1 Å². The molecule has 4 N–H and O–H groups in total. The molecule has 1 saturated heterocycles. The predicted octanol–water partition coefficient (Wildman–Crippen LogP) is -0.361. The summed E-state index contributed by atoms with van der Waals surface area (Å²) in [6.07, 6.45) is 2.13. The number of nitrogens with one attached hydrogen (secondary N) is 4. The molecule has 0 bridgehead atoms. The van der Waals surface area contributed by atoms with Crippen molar-refractivity contribution in [3.8, 4) is 0 Å². The minimum absolute atomic E-state index is 0.0748. The summed E-state index contributed by atoms with van der Waals surface area (Å²) in [6, 6.07) is 4.11. The van der Waals surface area contributed by atoms with Crippen molar-refractivity contribution < 1.29 is 19.4 Å². The number of carbonyl (C=O) groups is 2. The number of quaternary nitrogens is 2. The quantitative estimate of drug-likeness (QED) is 0.458. The first-order chi connectivity index (χ1) is 13.3. The molecule has 2 amide bonds. The SMILES string of the molecule is CCCCNC(=O)C[NH+]1CC[NH+]([C@H](C)C(=O)Nc2c(C)cc(C)cc2C)CC1. The van der Waals surface area contributed by atoms with E-state index in [1.54, 1.807) is 0 Å². The first-order valence-corrected chi connectivity index (χ1v) is 10.6.